The molecule has 162 valence electrons. The maximum Gasteiger partial charge on any atom is 0.253 e. The lowest BCUT2D eigenvalue weighted by molar-refractivity contribution is 0.0162. The van der Waals surface area contributed by atoms with Crippen LogP contribution in [0, 0.1) is 13.8 Å². The molecule has 1 N–H and O–H groups in total. The van der Waals surface area contributed by atoms with Gasteiger partial charge in [-0.1, -0.05) is 23.8 Å². The van der Waals surface area contributed by atoms with E-state index >= 15 is 0 Å². The second kappa shape index (κ2) is 9.45. The van der Waals surface area contributed by atoms with E-state index < -0.39 is 0 Å². The number of morpholine rings is 1. The molecule has 0 unspecified atom stereocenters. The Labute approximate surface area is 183 Å². The van der Waals surface area contributed by atoms with Crippen LogP contribution in [0.15, 0.2) is 48.5 Å². The van der Waals surface area contributed by atoms with Crippen LogP contribution in [0.25, 0.3) is 10.9 Å². The molecule has 1 aliphatic heterocycles. The van der Waals surface area contributed by atoms with Gasteiger partial charge in [-0.3, -0.25) is 14.7 Å². The first-order valence-electron chi connectivity index (χ1n) is 10.7. The van der Waals surface area contributed by atoms with Crippen LogP contribution in [0.4, 0.5) is 0 Å². The molecule has 6 heteroatoms. The van der Waals surface area contributed by atoms with Gasteiger partial charge in [0.2, 0.25) is 0 Å². The number of hydrogen-bond acceptors (Lipinski definition) is 5. The van der Waals surface area contributed by atoms with Crippen LogP contribution in [0.2, 0.25) is 0 Å². The summed E-state index contributed by atoms with van der Waals surface area (Å²) in [4.78, 5) is 20.1. The van der Waals surface area contributed by atoms with E-state index in [0.717, 1.165) is 46.6 Å². The summed E-state index contributed by atoms with van der Waals surface area (Å²) in [6, 6.07) is 16.2. The second-order valence-corrected chi connectivity index (χ2v) is 7.96. The molecule has 2 heterocycles. The number of methoxy groups -OCH3 is 1. The SMILES string of the molecule is COc1ccc([C@H](CNC(=O)c2cc3cc(C)ccc3nc2C)N2CCOCC2)cc1. The summed E-state index contributed by atoms with van der Waals surface area (Å²) in [5.74, 6) is 0.724. The van der Waals surface area contributed by atoms with Gasteiger partial charge in [-0.25, -0.2) is 0 Å². The smallest absolute Gasteiger partial charge is 0.253 e. The number of nitrogens with one attached hydrogen (secondary N) is 1. The van der Waals surface area contributed by atoms with E-state index in [9.17, 15) is 4.79 Å². The third kappa shape index (κ3) is 4.86. The van der Waals surface area contributed by atoms with Gasteiger partial charge in [0.1, 0.15) is 5.75 Å². The summed E-state index contributed by atoms with van der Waals surface area (Å²) in [6.07, 6.45) is 0. The molecule has 0 saturated carbocycles. The number of aromatic nitrogens is 1. The number of benzene rings is 2. The van der Waals surface area contributed by atoms with Gasteiger partial charge in [0.05, 0.1) is 43.1 Å². The highest BCUT2D eigenvalue weighted by atomic mass is 16.5. The number of nitrogens with zero attached hydrogens (tertiary/aromatic N) is 2. The molecule has 4 rings (SSSR count). The van der Waals surface area contributed by atoms with Crippen LogP contribution in [-0.2, 0) is 4.74 Å². The predicted octanol–water partition coefficient (Wildman–Crippen LogP) is 3.66. The average Bonchev–Trinajstić information content (AvgIpc) is 2.80. The van der Waals surface area contributed by atoms with Crippen LogP contribution >= 0.6 is 0 Å². The van der Waals surface area contributed by atoms with Gasteiger partial charge >= 0.3 is 0 Å². The predicted molar refractivity (Wildman–Crippen MR) is 122 cm³/mol. The number of carbonyl (C=O) groups is 1. The van der Waals surface area contributed by atoms with Crippen molar-refractivity contribution in [1.82, 2.24) is 15.2 Å². The minimum absolute atomic E-state index is 0.0646. The zero-order valence-corrected chi connectivity index (χ0v) is 18.4. The van der Waals surface area contributed by atoms with E-state index in [1.807, 2.05) is 44.2 Å². The minimum Gasteiger partial charge on any atom is -0.497 e. The monoisotopic (exact) mass is 419 g/mol. The van der Waals surface area contributed by atoms with Crippen LogP contribution < -0.4 is 10.1 Å². The van der Waals surface area contributed by atoms with Crippen molar-refractivity contribution in [2.24, 2.45) is 0 Å². The third-order valence-electron chi connectivity index (χ3n) is 5.85. The standard InChI is InChI=1S/C25H29N3O3/c1-17-4-9-23-20(14-17)15-22(18(2)27-23)25(29)26-16-24(28-10-12-31-13-11-28)19-5-7-21(30-3)8-6-19/h4-9,14-15,24H,10-13,16H2,1-3H3,(H,26,29)/t24-/m0/s1. The highest BCUT2D eigenvalue weighted by Crippen LogP contribution is 2.24. The quantitative estimate of drug-likeness (QED) is 0.661. The Morgan fingerprint density at radius 2 is 1.87 bits per heavy atom. The van der Waals surface area contributed by atoms with Crippen molar-refractivity contribution in [1.29, 1.82) is 0 Å². The van der Waals surface area contributed by atoms with Crippen molar-refractivity contribution in [3.8, 4) is 5.75 Å². The van der Waals surface area contributed by atoms with Crippen molar-refractivity contribution in [3.05, 3.63) is 70.9 Å². The maximum atomic E-state index is 13.1. The molecule has 0 aliphatic carbocycles. The molecule has 31 heavy (non-hydrogen) atoms. The van der Waals surface area contributed by atoms with Gasteiger partial charge in [-0.15, -0.1) is 0 Å². The summed E-state index contributed by atoms with van der Waals surface area (Å²) in [5.41, 5.74) is 4.56. The lowest BCUT2D eigenvalue weighted by atomic mass is 10.0. The van der Waals surface area contributed by atoms with Crippen LogP contribution in [0.1, 0.15) is 33.2 Å². The first-order valence-corrected chi connectivity index (χ1v) is 10.7. The lowest BCUT2D eigenvalue weighted by Gasteiger charge is -2.35. The van der Waals surface area contributed by atoms with Gasteiger partial charge in [-0.05, 0) is 49.7 Å². The molecule has 0 spiro atoms. The number of hydrogen-bond donors (Lipinski definition) is 1. The Bertz CT molecular complexity index is 1060. The molecule has 3 aromatic rings. The summed E-state index contributed by atoms with van der Waals surface area (Å²) in [7, 11) is 1.66. The number of aryl methyl sites for hydroxylation is 2. The van der Waals surface area contributed by atoms with E-state index in [1.54, 1.807) is 7.11 Å². The number of carbonyl (C=O) groups excluding carboxylic acids is 1. The van der Waals surface area contributed by atoms with Gasteiger partial charge < -0.3 is 14.8 Å². The van der Waals surface area contributed by atoms with E-state index in [-0.39, 0.29) is 11.9 Å². The van der Waals surface area contributed by atoms with E-state index in [1.165, 1.54) is 0 Å². The summed E-state index contributed by atoms with van der Waals surface area (Å²) in [6.45, 7) is 7.51. The molecule has 1 aliphatic rings. The first-order chi connectivity index (χ1) is 15.0. The molecular formula is C25H29N3O3. The van der Waals surface area contributed by atoms with Gasteiger partial charge in [0, 0.05) is 25.0 Å². The highest BCUT2D eigenvalue weighted by Gasteiger charge is 2.24. The molecule has 1 atom stereocenters. The summed E-state index contributed by atoms with van der Waals surface area (Å²) >= 11 is 0. The second-order valence-electron chi connectivity index (χ2n) is 7.96. The molecule has 0 radical (unpaired) electrons. The van der Waals surface area contributed by atoms with Crippen molar-refractivity contribution in [2.45, 2.75) is 19.9 Å². The molecule has 6 nitrogen and oxygen atoms in total. The van der Waals surface area contributed by atoms with Crippen molar-refractivity contribution in [2.75, 3.05) is 40.0 Å². The summed E-state index contributed by atoms with van der Waals surface area (Å²) < 4.78 is 10.8. The average molecular weight is 420 g/mol. The van der Waals surface area contributed by atoms with E-state index in [0.29, 0.717) is 25.3 Å². The number of fused-ring (bicyclic) bond motifs is 1. The Balaban J connectivity index is 1.55. The number of amides is 1. The fraction of sp³-hybridized carbons (Fsp3) is 0.360. The Morgan fingerprint density at radius 1 is 1.13 bits per heavy atom. The molecule has 0 bridgehead atoms. The zero-order valence-electron chi connectivity index (χ0n) is 18.4. The van der Waals surface area contributed by atoms with Gasteiger partial charge in [0.15, 0.2) is 0 Å². The lowest BCUT2D eigenvalue weighted by Crippen LogP contribution is -2.43. The zero-order chi connectivity index (χ0) is 21.8. The first kappa shape index (κ1) is 21.3. The molecule has 1 saturated heterocycles. The van der Waals surface area contributed by atoms with Crippen LogP contribution in [0.5, 0.6) is 5.75 Å². The van der Waals surface area contributed by atoms with Crippen molar-refractivity contribution >= 4 is 16.8 Å². The minimum atomic E-state index is -0.0971. The fourth-order valence-electron chi connectivity index (χ4n) is 4.08. The Morgan fingerprint density at radius 3 is 2.58 bits per heavy atom. The van der Waals surface area contributed by atoms with Gasteiger partial charge in [-0.2, -0.15) is 0 Å². The normalized spacial score (nSPS) is 15.6. The number of ether oxygens (including phenoxy) is 2. The van der Waals surface area contributed by atoms with Crippen LogP contribution in [-0.4, -0.2) is 55.7 Å². The van der Waals surface area contributed by atoms with Gasteiger partial charge in [0.25, 0.3) is 5.91 Å². The fourth-order valence-corrected chi connectivity index (χ4v) is 4.08. The van der Waals surface area contributed by atoms with E-state index in [2.05, 4.69) is 33.4 Å². The molecule has 1 amide bonds. The van der Waals surface area contributed by atoms with E-state index in [4.69, 9.17) is 9.47 Å². The highest BCUT2D eigenvalue weighted by molar-refractivity contribution is 5.98. The number of pyridine rings is 1. The third-order valence-corrected chi connectivity index (χ3v) is 5.85. The Kier molecular flexibility index (Phi) is 6.49. The molecule has 1 aromatic heterocycles. The van der Waals surface area contributed by atoms with Crippen LogP contribution in [0.3, 0.4) is 0 Å². The molecule has 1 fully saturated rings. The summed E-state index contributed by atoms with van der Waals surface area (Å²) in [5, 5.41) is 4.13. The van der Waals surface area contributed by atoms with Crippen molar-refractivity contribution in [3.63, 3.8) is 0 Å². The molecule has 2 aromatic carbocycles. The van der Waals surface area contributed by atoms with Crippen molar-refractivity contribution < 1.29 is 14.3 Å². The topological polar surface area (TPSA) is 63.7 Å². The largest absolute Gasteiger partial charge is 0.497 e. The maximum absolute atomic E-state index is 13.1. The Hall–Kier alpha value is -2.96. The number of rotatable bonds is 6. The molecular weight excluding hydrogens is 390 g/mol.